The molecule has 234 valence electrons. The lowest BCUT2D eigenvalue weighted by Crippen LogP contribution is -2.55. The zero-order valence-corrected chi connectivity index (χ0v) is 25.0. The molecule has 1 N–H and O–H groups in total. The summed E-state index contributed by atoms with van der Waals surface area (Å²) in [6.45, 7) is 12.2. The third-order valence-electron chi connectivity index (χ3n) is 8.50. The number of aromatic nitrogens is 2. The molecule has 0 aliphatic carbocycles. The number of hydrogen-bond acceptors (Lipinski definition) is 9. The fourth-order valence-corrected chi connectivity index (χ4v) is 6.31. The smallest absolute Gasteiger partial charge is 0.437 e. The number of amides is 1. The molecule has 6 heterocycles. The van der Waals surface area contributed by atoms with Gasteiger partial charge in [0.15, 0.2) is 11.4 Å². The second-order valence-electron chi connectivity index (χ2n) is 12.7. The van der Waals surface area contributed by atoms with E-state index in [4.69, 9.17) is 14.2 Å². The van der Waals surface area contributed by atoms with Crippen LogP contribution in [-0.4, -0.2) is 90.0 Å². The van der Waals surface area contributed by atoms with Crippen molar-refractivity contribution in [2.24, 2.45) is 0 Å². The Morgan fingerprint density at radius 2 is 1.79 bits per heavy atom. The van der Waals surface area contributed by atoms with E-state index in [1.807, 2.05) is 26.8 Å². The van der Waals surface area contributed by atoms with E-state index in [2.05, 4.69) is 25.1 Å². The van der Waals surface area contributed by atoms with Gasteiger partial charge >= 0.3 is 12.3 Å². The maximum absolute atomic E-state index is 14.4. The first-order valence-corrected chi connectivity index (χ1v) is 15.0. The summed E-state index contributed by atoms with van der Waals surface area (Å²) in [5.74, 6) is 0.0257. The van der Waals surface area contributed by atoms with Crippen LogP contribution >= 0.6 is 0 Å². The molecular weight excluding hydrogens is 565 g/mol. The minimum absolute atomic E-state index is 0.148. The molecule has 13 heteroatoms. The number of hydrogen-bond donors (Lipinski definition) is 1. The van der Waals surface area contributed by atoms with E-state index in [1.165, 1.54) is 0 Å². The van der Waals surface area contributed by atoms with Gasteiger partial charge in [-0.3, -0.25) is 4.90 Å². The van der Waals surface area contributed by atoms with Crippen molar-refractivity contribution in [1.29, 1.82) is 0 Å². The summed E-state index contributed by atoms with van der Waals surface area (Å²) in [6.07, 6.45) is -2.44. The van der Waals surface area contributed by atoms with Crippen molar-refractivity contribution < 1.29 is 32.2 Å². The van der Waals surface area contributed by atoms with E-state index in [-0.39, 0.29) is 29.5 Å². The van der Waals surface area contributed by atoms with Gasteiger partial charge in [0, 0.05) is 68.8 Å². The highest BCUT2D eigenvalue weighted by Crippen LogP contribution is 2.48. The van der Waals surface area contributed by atoms with Gasteiger partial charge < -0.3 is 29.3 Å². The number of halogens is 3. The van der Waals surface area contributed by atoms with Gasteiger partial charge in [-0.1, -0.05) is 0 Å². The number of piperidine rings is 1. The Kier molecular flexibility index (Phi) is 7.82. The SMILES string of the molecule is C[C@H]1Oc2c(cc(C3CN(C4CCN(C(=O)OC(C)(C)C)CC4)C3)nc2C(F)(F)F)Nc2nccc(N3CCOCC3)c21. The molecule has 0 spiro atoms. The molecular formula is C30H39F3N6O4. The Bertz CT molecular complexity index is 1350. The summed E-state index contributed by atoms with van der Waals surface area (Å²) < 4.78 is 60.3. The lowest BCUT2D eigenvalue weighted by molar-refractivity contribution is -0.143. The van der Waals surface area contributed by atoms with Gasteiger partial charge in [0.05, 0.1) is 24.5 Å². The summed E-state index contributed by atoms with van der Waals surface area (Å²) >= 11 is 0. The van der Waals surface area contributed by atoms with Crippen molar-refractivity contribution in [3.63, 3.8) is 0 Å². The molecule has 0 radical (unpaired) electrons. The molecule has 6 rings (SSSR count). The summed E-state index contributed by atoms with van der Waals surface area (Å²) in [5.41, 5.74) is 0.613. The van der Waals surface area contributed by atoms with Crippen molar-refractivity contribution in [3.8, 4) is 5.75 Å². The summed E-state index contributed by atoms with van der Waals surface area (Å²) in [6, 6.07) is 3.81. The van der Waals surface area contributed by atoms with Crippen LogP contribution in [0.3, 0.4) is 0 Å². The maximum Gasteiger partial charge on any atom is 0.437 e. The van der Waals surface area contributed by atoms with Crippen LogP contribution in [0.1, 0.15) is 69.5 Å². The van der Waals surface area contributed by atoms with Crippen LogP contribution in [0.4, 0.5) is 35.2 Å². The second-order valence-corrected chi connectivity index (χ2v) is 12.7. The Labute approximate surface area is 249 Å². The first-order chi connectivity index (χ1) is 20.4. The van der Waals surface area contributed by atoms with Crippen LogP contribution in [0.5, 0.6) is 5.75 Å². The fraction of sp³-hybridized carbons (Fsp3) is 0.633. The lowest BCUT2D eigenvalue weighted by Gasteiger charge is -2.47. The summed E-state index contributed by atoms with van der Waals surface area (Å²) in [7, 11) is 0. The van der Waals surface area contributed by atoms with Crippen molar-refractivity contribution >= 4 is 23.3 Å². The largest absolute Gasteiger partial charge is 0.481 e. The highest BCUT2D eigenvalue weighted by atomic mass is 19.4. The zero-order chi connectivity index (χ0) is 30.5. The van der Waals surface area contributed by atoms with E-state index in [1.54, 1.807) is 24.1 Å². The van der Waals surface area contributed by atoms with Crippen LogP contribution in [0.15, 0.2) is 18.3 Å². The van der Waals surface area contributed by atoms with Gasteiger partial charge in [-0.25, -0.2) is 14.8 Å². The maximum atomic E-state index is 14.4. The number of nitrogens with zero attached hydrogens (tertiary/aromatic N) is 5. The topological polar surface area (TPSA) is 92.3 Å². The lowest BCUT2D eigenvalue weighted by atomic mass is 9.90. The molecule has 4 aliphatic heterocycles. The number of carbonyl (C=O) groups is 1. The molecule has 3 saturated heterocycles. The Morgan fingerprint density at radius 3 is 2.44 bits per heavy atom. The molecule has 1 atom stereocenters. The van der Waals surface area contributed by atoms with Gasteiger partial charge in [0.1, 0.15) is 17.5 Å². The third kappa shape index (κ3) is 6.19. The number of fused-ring (bicyclic) bond motifs is 2. The molecule has 43 heavy (non-hydrogen) atoms. The van der Waals surface area contributed by atoms with Gasteiger partial charge in [0.25, 0.3) is 0 Å². The van der Waals surface area contributed by atoms with E-state index in [0.717, 1.165) is 18.5 Å². The average Bonchev–Trinajstić information content (AvgIpc) is 3.06. The second kappa shape index (κ2) is 11.3. The Hall–Kier alpha value is -3.32. The number of rotatable bonds is 3. The van der Waals surface area contributed by atoms with E-state index < -0.39 is 23.6 Å². The van der Waals surface area contributed by atoms with Gasteiger partial charge in [-0.05, 0) is 52.7 Å². The first-order valence-electron chi connectivity index (χ1n) is 15.0. The normalized spacial score (nSPS) is 22.1. The number of likely N-dealkylation sites (tertiary alicyclic amines) is 2. The number of anilines is 3. The van der Waals surface area contributed by atoms with Gasteiger partial charge in [-0.2, -0.15) is 13.2 Å². The van der Waals surface area contributed by atoms with Crippen molar-refractivity contribution in [2.75, 3.05) is 62.7 Å². The van der Waals surface area contributed by atoms with E-state index in [0.29, 0.717) is 69.6 Å². The molecule has 0 aromatic carbocycles. The van der Waals surface area contributed by atoms with Crippen molar-refractivity contribution in [2.45, 2.75) is 70.4 Å². The Morgan fingerprint density at radius 1 is 1.09 bits per heavy atom. The van der Waals surface area contributed by atoms with Crippen LogP contribution in [-0.2, 0) is 15.7 Å². The van der Waals surface area contributed by atoms with Gasteiger partial charge in [0.2, 0.25) is 0 Å². The number of ether oxygens (including phenoxy) is 3. The number of morpholine rings is 1. The number of pyridine rings is 2. The van der Waals surface area contributed by atoms with Crippen molar-refractivity contribution in [1.82, 2.24) is 19.8 Å². The molecule has 0 unspecified atom stereocenters. The van der Waals surface area contributed by atoms with E-state index >= 15 is 0 Å². The van der Waals surface area contributed by atoms with Crippen LogP contribution in [0, 0.1) is 0 Å². The van der Waals surface area contributed by atoms with Gasteiger partial charge in [-0.15, -0.1) is 0 Å². The molecule has 0 saturated carbocycles. The highest BCUT2D eigenvalue weighted by Gasteiger charge is 2.43. The predicted octanol–water partition coefficient (Wildman–Crippen LogP) is 5.33. The molecule has 2 aromatic rings. The highest BCUT2D eigenvalue weighted by molar-refractivity contribution is 5.75. The van der Waals surface area contributed by atoms with Crippen LogP contribution in [0.2, 0.25) is 0 Å². The summed E-state index contributed by atoms with van der Waals surface area (Å²) in [4.78, 5) is 27.2. The number of nitrogens with one attached hydrogen (secondary N) is 1. The molecule has 3 fully saturated rings. The molecule has 10 nitrogen and oxygen atoms in total. The quantitative estimate of drug-likeness (QED) is 0.499. The fourth-order valence-electron chi connectivity index (χ4n) is 6.31. The molecule has 4 aliphatic rings. The van der Waals surface area contributed by atoms with Crippen molar-refractivity contribution in [3.05, 3.63) is 35.3 Å². The number of alkyl halides is 3. The molecule has 2 aromatic heterocycles. The summed E-state index contributed by atoms with van der Waals surface area (Å²) in [5, 5.41) is 3.18. The molecule has 0 bridgehead atoms. The van der Waals surface area contributed by atoms with Crippen LogP contribution in [0.25, 0.3) is 0 Å². The minimum Gasteiger partial charge on any atom is -0.481 e. The predicted molar refractivity (Wildman–Crippen MR) is 154 cm³/mol. The number of carbonyl (C=O) groups excluding carboxylic acids is 1. The Balaban J connectivity index is 1.19. The zero-order valence-electron chi connectivity index (χ0n) is 25.0. The standard InChI is InChI=1S/C30H39F3N6O4/c1-18-24-23(37-11-13-41-14-12-37)5-8-34-27(24)36-22-15-21(35-26(25(22)42-18)30(31,32)33)19-16-39(17-19)20-6-9-38(10-7-20)28(40)43-29(2,3)4/h5,8,15,18-20H,6-7,9-14,16-17H2,1-4H3,(H,34,36)/t18-/m1/s1. The third-order valence-corrected chi connectivity index (χ3v) is 8.50. The monoisotopic (exact) mass is 604 g/mol. The van der Waals surface area contributed by atoms with Crippen LogP contribution < -0.4 is 15.0 Å². The van der Waals surface area contributed by atoms with E-state index in [9.17, 15) is 18.0 Å². The molecule has 1 amide bonds. The minimum atomic E-state index is -4.70. The first kappa shape index (κ1) is 29.7. The average molecular weight is 605 g/mol.